The molecule has 0 spiro atoms. The van der Waals surface area contributed by atoms with Crippen molar-refractivity contribution in [2.45, 2.75) is 6.54 Å². The molecule has 0 radical (unpaired) electrons. The predicted octanol–water partition coefficient (Wildman–Crippen LogP) is 2.61. The van der Waals surface area contributed by atoms with Gasteiger partial charge in [0.1, 0.15) is 5.52 Å². The fourth-order valence-electron chi connectivity index (χ4n) is 2.61. The summed E-state index contributed by atoms with van der Waals surface area (Å²) in [5, 5.41) is 1.06. The van der Waals surface area contributed by atoms with Crippen LogP contribution >= 0.6 is 0 Å². The van der Waals surface area contributed by atoms with Crippen LogP contribution in [-0.2, 0) is 6.54 Å². The van der Waals surface area contributed by atoms with Crippen molar-refractivity contribution in [2.75, 3.05) is 5.73 Å². The molecule has 5 heteroatoms. The minimum absolute atomic E-state index is 0.470. The molecule has 3 heterocycles. The van der Waals surface area contributed by atoms with E-state index in [2.05, 4.69) is 25.6 Å². The second kappa shape index (κ2) is 4.56. The Morgan fingerprint density at radius 3 is 2.71 bits per heavy atom. The van der Waals surface area contributed by atoms with Gasteiger partial charge in [-0.3, -0.25) is 4.98 Å². The summed E-state index contributed by atoms with van der Waals surface area (Å²) in [6, 6.07) is 12.0. The van der Waals surface area contributed by atoms with Crippen LogP contribution in [-0.4, -0.2) is 19.5 Å². The third-order valence-electron chi connectivity index (χ3n) is 3.58. The number of hydrogen-bond acceptors (Lipinski definition) is 4. The van der Waals surface area contributed by atoms with Crippen LogP contribution < -0.4 is 5.73 Å². The Balaban J connectivity index is 1.98. The lowest BCUT2D eigenvalue weighted by Gasteiger charge is -2.07. The molecule has 0 unspecified atom stereocenters. The number of nitrogen functional groups attached to an aromatic ring is 1. The molecule has 4 aromatic rings. The summed E-state index contributed by atoms with van der Waals surface area (Å²) in [5.74, 6) is 0.470. The summed E-state index contributed by atoms with van der Waals surface area (Å²) >= 11 is 0. The summed E-state index contributed by atoms with van der Waals surface area (Å²) in [4.78, 5) is 12.9. The highest BCUT2D eigenvalue weighted by molar-refractivity contribution is 6.06. The van der Waals surface area contributed by atoms with E-state index >= 15 is 0 Å². The van der Waals surface area contributed by atoms with Crippen LogP contribution in [0.5, 0.6) is 0 Å². The lowest BCUT2D eigenvalue weighted by Crippen LogP contribution is -2.00. The van der Waals surface area contributed by atoms with E-state index in [0.29, 0.717) is 5.82 Å². The Labute approximate surface area is 121 Å². The van der Waals surface area contributed by atoms with Crippen molar-refractivity contribution < 1.29 is 0 Å². The zero-order valence-corrected chi connectivity index (χ0v) is 11.3. The third kappa shape index (κ3) is 1.90. The summed E-state index contributed by atoms with van der Waals surface area (Å²) in [7, 11) is 0. The Kier molecular flexibility index (Phi) is 2.57. The second-order valence-corrected chi connectivity index (χ2v) is 4.94. The first kappa shape index (κ1) is 11.8. The van der Waals surface area contributed by atoms with Crippen molar-refractivity contribution in [3.63, 3.8) is 0 Å². The van der Waals surface area contributed by atoms with E-state index < -0.39 is 0 Å². The average molecular weight is 275 g/mol. The molecular formula is C16H13N5. The molecule has 0 saturated heterocycles. The van der Waals surface area contributed by atoms with E-state index in [4.69, 9.17) is 5.73 Å². The number of fused-ring (bicyclic) bond motifs is 3. The van der Waals surface area contributed by atoms with Gasteiger partial charge in [0.05, 0.1) is 17.4 Å². The van der Waals surface area contributed by atoms with Crippen LogP contribution in [0.25, 0.3) is 21.9 Å². The Hall–Kier alpha value is -2.95. The van der Waals surface area contributed by atoms with Gasteiger partial charge >= 0.3 is 0 Å². The number of imidazole rings is 1. The highest BCUT2D eigenvalue weighted by Gasteiger charge is 2.12. The van der Waals surface area contributed by atoms with Crippen molar-refractivity contribution in [1.82, 2.24) is 19.5 Å². The van der Waals surface area contributed by atoms with Crippen LogP contribution in [0.2, 0.25) is 0 Å². The third-order valence-corrected chi connectivity index (χ3v) is 3.58. The fourth-order valence-corrected chi connectivity index (χ4v) is 2.61. The molecule has 4 rings (SSSR count). The van der Waals surface area contributed by atoms with Gasteiger partial charge in [-0.05, 0) is 23.8 Å². The highest BCUT2D eigenvalue weighted by atomic mass is 15.1. The Morgan fingerprint density at radius 1 is 1.05 bits per heavy atom. The van der Waals surface area contributed by atoms with Crippen molar-refractivity contribution >= 4 is 27.8 Å². The lowest BCUT2D eigenvalue weighted by atomic mass is 10.2. The first-order chi connectivity index (χ1) is 10.3. The maximum atomic E-state index is 6.03. The smallest absolute Gasteiger partial charge is 0.152 e. The van der Waals surface area contributed by atoms with Gasteiger partial charge in [-0.15, -0.1) is 0 Å². The van der Waals surface area contributed by atoms with E-state index in [0.717, 1.165) is 28.5 Å². The van der Waals surface area contributed by atoms with E-state index in [9.17, 15) is 0 Å². The van der Waals surface area contributed by atoms with E-state index in [1.807, 2.05) is 36.7 Å². The molecule has 5 nitrogen and oxygen atoms in total. The quantitative estimate of drug-likeness (QED) is 0.610. The SMILES string of the molecule is Nc1nc2ccccc2c2c1ncn2Cc1ccncc1. The molecule has 0 amide bonds. The standard InChI is InChI=1S/C16H13N5/c17-16-14-15(12-3-1-2-4-13(12)20-16)21(10-19-14)9-11-5-7-18-8-6-11/h1-8,10H,9H2,(H2,17,20). The van der Waals surface area contributed by atoms with E-state index in [1.165, 1.54) is 5.56 Å². The average Bonchev–Trinajstić information content (AvgIpc) is 2.93. The molecule has 0 aliphatic rings. The van der Waals surface area contributed by atoms with Crippen molar-refractivity contribution in [3.05, 3.63) is 60.7 Å². The molecule has 1 aromatic carbocycles. The van der Waals surface area contributed by atoms with Crippen LogP contribution in [0.4, 0.5) is 5.82 Å². The van der Waals surface area contributed by atoms with Crippen molar-refractivity contribution in [1.29, 1.82) is 0 Å². The second-order valence-electron chi connectivity index (χ2n) is 4.94. The number of benzene rings is 1. The fraction of sp³-hybridized carbons (Fsp3) is 0.0625. The maximum absolute atomic E-state index is 6.03. The molecule has 102 valence electrons. The van der Waals surface area contributed by atoms with Gasteiger partial charge in [0.2, 0.25) is 0 Å². The predicted molar refractivity (Wildman–Crippen MR) is 82.8 cm³/mol. The first-order valence-electron chi connectivity index (χ1n) is 6.71. The summed E-state index contributed by atoms with van der Waals surface area (Å²) in [6.07, 6.45) is 5.40. The van der Waals surface area contributed by atoms with Crippen LogP contribution in [0.3, 0.4) is 0 Å². The molecule has 0 aliphatic heterocycles. The number of aromatic nitrogens is 4. The summed E-state index contributed by atoms with van der Waals surface area (Å²) in [6.45, 7) is 0.729. The van der Waals surface area contributed by atoms with Crippen LogP contribution in [0, 0.1) is 0 Å². The van der Waals surface area contributed by atoms with Gasteiger partial charge < -0.3 is 10.3 Å². The lowest BCUT2D eigenvalue weighted by molar-refractivity contribution is 0.824. The molecule has 21 heavy (non-hydrogen) atoms. The maximum Gasteiger partial charge on any atom is 0.152 e. The molecule has 3 aromatic heterocycles. The number of nitrogens with two attached hydrogens (primary N) is 1. The van der Waals surface area contributed by atoms with Gasteiger partial charge in [-0.1, -0.05) is 18.2 Å². The Morgan fingerprint density at radius 2 is 1.86 bits per heavy atom. The number of hydrogen-bond donors (Lipinski definition) is 1. The van der Waals surface area contributed by atoms with Gasteiger partial charge in [-0.2, -0.15) is 0 Å². The molecule has 0 atom stereocenters. The Bertz CT molecular complexity index is 927. The largest absolute Gasteiger partial charge is 0.382 e. The number of pyridine rings is 2. The van der Waals surface area contributed by atoms with Gasteiger partial charge in [0.15, 0.2) is 5.82 Å². The number of para-hydroxylation sites is 1. The molecule has 0 bridgehead atoms. The molecule has 0 fully saturated rings. The molecule has 0 saturated carbocycles. The monoisotopic (exact) mass is 275 g/mol. The van der Waals surface area contributed by atoms with Gasteiger partial charge in [0.25, 0.3) is 0 Å². The van der Waals surface area contributed by atoms with Crippen molar-refractivity contribution in [3.8, 4) is 0 Å². The van der Waals surface area contributed by atoms with Crippen molar-refractivity contribution in [2.24, 2.45) is 0 Å². The zero-order valence-electron chi connectivity index (χ0n) is 11.3. The highest BCUT2D eigenvalue weighted by Crippen LogP contribution is 2.27. The van der Waals surface area contributed by atoms with E-state index in [1.54, 1.807) is 12.4 Å². The topological polar surface area (TPSA) is 69.6 Å². The van der Waals surface area contributed by atoms with Crippen LogP contribution in [0.15, 0.2) is 55.1 Å². The normalized spacial score (nSPS) is 11.2. The van der Waals surface area contributed by atoms with Gasteiger partial charge in [-0.25, -0.2) is 9.97 Å². The molecule has 2 N–H and O–H groups in total. The minimum Gasteiger partial charge on any atom is -0.382 e. The van der Waals surface area contributed by atoms with E-state index in [-0.39, 0.29) is 0 Å². The van der Waals surface area contributed by atoms with Crippen LogP contribution in [0.1, 0.15) is 5.56 Å². The molecule has 0 aliphatic carbocycles. The number of anilines is 1. The summed E-state index contributed by atoms with van der Waals surface area (Å²) < 4.78 is 2.10. The zero-order chi connectivity index (χ0) is 14.2. The molecular weight excluding hydrogens is 262 g/mol. The first-order valence-corrected chi connectivity index (χ1v) is 6.71. The van der Waals surface area contributed by atoms with Gasteiger partial charge in [0, 0.05) is 24.3 Å². The minimum atomic E-state index is 0.470. The number of nitrogens with zero attached hydrogens (tertiary/aromatic N) is 4. The summed E-state index contributed by atoms with van der Waals surface area (Å²) in [5.41, 5.74) is 9.87. The number of rotatable bonds is 2.